The van der Waals surface area contributed by atoms with Gasteiger partial charge in [0.15, 0.2) is 5.82 Å². The molecule has 1 N–H and O–H groups in total. The van der Waals surface area contributed by atoms with Gasteiger partial charge in [-0.2, -0.15) is 0 Å². The van der Waals surface area contributed by atoms with Gasteiger partial charge in [-0.3, -0.25) is 4.84 Å². The number of nitrogens with one attached hydrogen (secondary N) is 1. The smallest absolute Gasteiger partial charge is 0.158 e. The molecule has 3 aromatic rings. The Labute approximate surface area is 188 Å². The van der Waals surface area contributed by atoms with Crippen molar-refractivity contribution in [3.05, 3.63) is 66.5 Å². The minimum atomic E-state index is 0.118. The molecule has 1 aliphatic rings. The Hall–Kier alpha value is -3.36. The van der Waals surface area contributed by atoms with Gasteiger partial charge in [0.2, 0.25) is 0 Å². The highest BCUT2D eigenvalue weighted by Gasteiger charge is 2.29. The maximum absolute atomic E-state index is 5.90. The lowest BCUT2D eigenvalue weighted by Gasteiger charge is -2.24. The van der Waals surface area contributed by atoms with Crippen LogP contribution in [0.3, 0.4) is 0 Å². The fourth-order valence-corrected chi connectivity index (χ4v) is 3.56. The lowest BCUT2D eigenvalue weighted by atomic mass is 10.0. The van der Waals surface area contributed by atoms with Gasteiger partial charge in [-0.05, 0) is 31.8 Å². The van der Waals surface area contributed by atoms with E-state index in [-0.39, 0.29) is 6.04 Å². The normalized spacial score (nSPS) is 15.8. The number of ether oxygens (including phenoxy) is 2. The van der Waals surface area contributed by atoms with E-state index in [1.54, 1.807) is 7.11 Å². The summed E-state index contributed by atoms with van der Waals surface area (Å²) in [5.41, 5.74) is 1.99. The van der Waals surface area contributed by atoms with Gasteiger partial charge in [0.1, 0.15) is 30.3 Å². The molecule has 0 spiro atoms. The first kappa shape index (κ1) is 21.9. The van der Waals surface area contributed by atoms with Crippen molar-refractivity contribution in [1.29, 1.82) is 0 Å². The van der Waals surface area contributed by atoms with Gasteiger partial charge in [-0.15, -0.1) is 0 Å². The molecule has 168 valence electrons. The molecular weight excluding hydrogens is 406 g/mol. The molecule has 8 heteroatoms. The number of likely N-dealkylation sites (N-methyl/N-ethyl adjacent to an activating group) is 1. The molecule has 0 bridgehead atoms. The van der Waals surface area contributed by atoms with Crippen LogP contribution in [-0.4, -0.2) is 55.8 Å². The number of hydrogen-bond donors (Lipinski definition) is 1. The van der Waals surface area contributed by atoms with Crippen LogP contribution < -0.4 is 19.9 Å². The van der Waals surface area contributed by atoms with E-state index in [2.05, 4.69) is 32.3 Å². The summed E-state index contributed by atoms with van der Waals surface area (Å²) in [6.07, 6.45) is 2.44. The van der Waals surface area contributed by atoms with Crippen molar-refractivity contribution < 1.29 is 14.3 Å². The minimum Gasteiger partial charge on any atom is -0.494 e. The third kappa shape index (κ3) is 5.27. The Morgan fingerprint density at radius 2 is 1.97 bits per heavy atom. The number of benzene rings is 2. The summed E-state index contributed by atoms with van der Waals surface area (Å²) in [6.45, 7) is 2.10. The predicted octanol–water partition coefficient (Wildman–Crippen LogP) is 4.05. The van der Waals surface area contributed by atoms with E-state index < -0.39 is 0 Å². The number of hydrogen-bond acceptors (Lipinski definition) is 8. The molecule has 1 aliphatic heterocycles. The second kappa shape index (κ2) is 10.3. The Kier molecular flexibility index (Phi) is 7.03. The zero-order valence-corrected chi connectivity index (χ0v) is 18.7. The highest BCUT2D eigenvalue weighted by Crippen LogP contribution is 2.35. The molecule has 1 unspecified atom stereocenters. The SMILES string of the molecule is COc1cc(OCCN(C)C)ccc1Nc1cc(N2OCCC2c2ccccc2)ncn1. The Balaban J connectivity index is 1.49. The van der Waals surface area contributed by atoms with Gasteiger partial charge in [-0.1, -0.05) is 30.3 Å². The van der Waals surface area contributed by atoms with Crippen molar-refractivity contribution in [1.82, 2.24) is 14.9 Å². The molecule has 4 rings (SSSR count). The Bertz CT molecular complexity index is 1020. The van der Waals surface area contributed by atoms with Crippen molar-refractivity contribution in [3.63, 3.8) is 0 Å². The van der Waals surface area contributed by atoms with E-state index in [4.69, 9.17) is 14.3 Å². The summed E-state index contributed by atoms with van der Waals surface area (Å²) < 4.78 is 11.4. The lowest BCUT2D eigenvalue weighted by molar-refractivity contribution is 0.157. The van der Waals surface area contributed by atoms with Crippen LogP contribution in [-0.2, 0) is 4.84 Å². The zero-order valence-electron chi connectivity index (χ0n) is 18.7. The van der Waals surface area contributed by atoms with Gasteiger partial charge >= 0.3 is 0 Å². The van der Waals surface area contributed by atoms with Crippen LogP contribution in [0, 0.1) is 0 Å². The highest BCUT2D eigenvalue weighted by molar-refractivity contribution is 5.67. The number of anilines is 3. The topological polar surface area (TPSA) is 72.0 Å². The average molecular weight is 436 g/mol. The minimum absolute atomic E-state index is 0.118. The third-order valence-electron chi connectivity index (χ3n) is 5.21. The first-order valence-corrected chi connectivity index (χ1v) is 10.7. The van der Waals surface area contributed by atoms with E-state index in [1.165, 1.54) is 11.9 Å². The maximum Gasteiger partial charge on any atom is 0.158 e. The summed E-state index contributed by atoms with van der Waals surface area (Å²) in [7, 11) is 5.67. The second-order valence-corrected chi connectivity index (χ2v) is 7.77. The van der Waals surface area contributed by atoms with E-state index in [0.717, 1.165) is 24.4 Å². The lowest BCUT2D eigenvalue weighted by Crippen LogP contribution is -2.22. The standard InChI is InChI=1S/C24H29N5O3/c1-28(2)12-14-31-19-9-10-20(22(15-19)30-3)27-23-16-24(26-17-25-23)29-21(11-13-32-29)18-7-5-4-6-8-18/h4-10,15-17,21H,11-14H2,1-3H3,(H,25,26,27). The highest BCUT2D eigenvalue weighted by atomic mass is 16.7. The molecule has 1 aromatic heterocycles. The molecule has 32 heavy (non-hydrogen) atoms. The predicted molar refractivity (Wildman–Crippen MR) is 125 cm³/mol. The third-order valence-corrected chi connectivity index (χ3v) is 5.21. The van der Waals surface area contributed by atoms with Gasteiger partial charge in [0, 0.05) is 25.1 Å². The van der Waals surface area contributed by atoms with Crippen LogP contribution in [0.25, 0.3) is 0 Å². The second-order valence-electron chi connectivity index (χ2n) is 7.77. The van der Waals surface area contributed by atoms with Crippen molar-refractivity contribution in [2.75, 3.05) is 51.3 Å². The van der Waals surface area contributed by atoms with Crippen molar-refractivity contribution >= 4 is 17.3 Å². The average Bonchev–Trinajstić information content (AvgIpc) is 3.30. The number of nitrogens with zero attached hydrogens (tertiary/aromatic N) is 4. The van der Waals surface area contributed by atoms with Gasteiger partial charge in [-0.25, -0.2) is 15.0 Å². The summed E-state index contributed by atoms with van der Waals surface area (Å²) in [6, 6.07) is 18.0. The molecule has 2 heterocycles. The van der Waals surface area contributed by atoms with Crippen LogP contribution >= 0.6 is 0 Å². The monoisotopic (exact) mass is 435 g/mol. The van der Waals surface area contributed by atoms with Crippen LogP contribution in [0.4, 0.5) is 17.3 Å². The van der Waals surface area contributed by atoms with Crippen LogP contribution in [0.1, 0.15) is 18.0 Å². The van der Waals surface area contributed by atoms with Crippen LogP contribution in [0.5, 0.6) is 11.5 Å². The molecule has 0 saturated carbocycles. The molecule has 1 saturated heterocycles. The van der Waals surface area contributed by atoms with Gasteiger partial charge in [0.05, 0.1) is 25.4 Å². The van der Waals surface area contributed by atoms with Crippen molar-refractivity contribution in [2.45, 2.75) is 12.5 Å². The van der Waals surface area contributed by atoms with Crippen LogP contribution in [0.2, 0.25) is 0 Å². The van der Waals surface area contributed by atoms with Gasteiger partial charge < -0.3 is 19.7 Å². The van der Waals surface area contributed by atoms with E-state index in [9.17, 15) is 0 Å². The number of hydroxylamine groups is 1. The van der Waals surface area contributed by atoms with Crippen molar-refractivity contribution in [3.8, 4) is 11.5 Å². The largest absolute Gasteiger partial charge is 0.494 e. The number of methoxy groups -OCH3 is 1. The molecule has 1 atom stereocenters. The number of rotatable bonds is 9. The van der Waals surface area contributed by atoms with E-state index in [1.807, 2.05) is 61.6 Å². The molecule has 1 fully saturated rings. The zero-order chi connectivity index (χ0) is 22.3. The van der Waals surface area contributed by atoms with Gasteiger partial charge in [0.25, 0.3) is 0 Å². The maximum atomic E-state index is 5.90. The molecule has 8 nitrogen and oxygen atoms in total. The van der Waals surface area contributed by atoms with E-state index in [0.29, 0.717) is 30.6 Å². The summed E-state index contributed by atoms with van der Waals surface area (Å²) >= 11 is 0. The molecule has 0 radical (unpaired) electrons. The molecule has 2 aromatic carbocycles. The first-order valence-electron chi connectivity index (χ1n) is 10.7. The fourth-order valence-electron chi connectivity index (χ4n) is 3.56. The number of aromatic nitrogens is 2. The summed E-state index contributed by atoms with van der Waals surface area (Å²) in [4.78, 5) is 16.8. The first-order chi connectivity index (χ1) is 15.6. The Morgan fingerprint density at radius 1 is 1.12 bits per heavy atom. The van der Waals surface area contributed by atoms with Crippen molar-refractivity contribution in [2.24, 2.45) is 0 Å². The summed E-state index contributed by atoms with van der Waals surface area (Å²) in [5, 5.41) is 5.18. The summed E-state index contributed by atoms with van der Waals surface area (Å²) in [5.74, 6) is 2.79. The van der Waals surface area contributed by atoms with E-state index >= 15 is 0 Å². The Morgan fingerprint density at radius 3 is 2.75 bits per heavy atom. The fraction of sp³-hybridized carbons (Fsp3) is 0.333. The molecule has 0 aliphatic carbocycles. The molecular formula is C24H29N5O3. The van der Waals surface area contributed by atoms with Crippen LogP contribution in [0.15, 0.2) is 60.9 Å². The molecule has 0 amide bonds. The quantitative estimate of drug-likeness (QED) is 0.540.